The maximum atomic E-state index is 13.1. The van der Waals surface area contributed by atoms with E-state index in [4.69, 9.17) is 11.6 Å². The fraction of sp³-hybridized carbons (Fsp3) is 0.412. The molecule has 6 nitrogen and oxygen atoms in total. The van der Waals surface area contributed by atoms with E-state index in [9.17, 15) is 28.3 Å². The largest absolute Gasteiger partial charge is 0.506 e. The second-order valence-electron chi connectivity index (χ2n) is 6.13. The SMILES string of the molecule is COC(=O)C1(C)CCC(=O)/C(=C(/O)c2ccc(C(F)(F)Cl)nc2C)C1=O. The lowest BCUT2D eigenvalue weighted by atomic mass is 9.71. The van der Waals surface area contributed by atoms with E-state index in [1.165, 1.54) is 13.8 Å². The Morgan fingerprint density at radius 1 is 1.38 bits per heavy atom. The van der Waals surface area contributed by atoms with Crippen LogP contribution in [0.15, 0.2) is 17.7 Å². The summed E-state index contributed by atoms with van der Waals surface area (Å²) in [5.41, 5.74) is -3.06. The number of aliphatic hydroxyl groups is 1. The molecule has 0 saturated heterocycles. The van der Waals surface area contributed by atoms with Gasteiger partial charge in [0.05, 0.1) is 7.11 Å². The first-order valence-corrected chi connectivity index (χ1v) is 7.96. The Balaban J connectivity index is 2.58. The second kappa shape index (κ2) is 6.75. The molecule has 26 heavy (non-hydrogen) atoms. The van der Waals surface area contributed by atoms with Gasteiger partial charge < -0.3 is 9.84 Å². The van der Waals surface area contributed by atoms with Gasteiger partial charge in [0.15, 0.2) is 11.6 Å². The van der Waals surface area contributed by atoms with Gasteiger partial charge in [-0.1, -0.05) is 0 Å². The zero-order chi connectivity index (χ0) is 19.9. The number of halogens is 3. The van der Waals surface area contributed by atoms with Gasteiger partial charge in [-0.15, -0.1) is 0 Å². The monoisotopic (exact) mass is 387 g/mol. The van der Waals surface area contributed by atoms with E-state index in [1.807, 2.05) is 0 Å². The summed E-state index contributed by atoms with van der Waals surface area (Å²) in [6, 6.07) is 1.96. The van der Waals surface area contributed by atoms with Gasteiger partial charge in [0.1, 0.15) is 22.4 Å². The minimum atomic E-state index is -3.70. The molecule has 1 atom stereocenters. The number of ketones is 2. The first kappa shape index (κ1) is 20.0. The summed E-state index contributed by atoms with van der Waals surface area (Å²) in [6.07, 6.45) is -0.205. The minimum Gasteiger partial charge on any atom is -0.506 e. The number of hydrogen-bond acceptors (Lipinski definition) is 6. The van der Waals surface area contributed by atoms with Gasteiger partial charge in [-0.25, -0.2) is 4.98 Å². The number of allylic oxidation sites excluding steroid dienone is 1. The number of aromatic nitrogens is 1. The van der Waals surface area contributed by atoms with Crippen LogP contribution >= 0.6 is 11.6 Å². The Bertz CT molecular complexity index is 831. The van der Waals surface area contributed by atoms with Crippen LogP contribution in [0.2, 0.25) is 0 Å². The Labute approximate surface area is 152 Å². The third-order valence-electron chi connectivity index (χ3n) is 4.36. The third-order valence-corrected chi connectivity index (χ3v) is 4.56. The number of pyridine rings is 1. The highest BCUT2D eigenvalue weighted by Crippen LogP contribution is 2.38. The molecule has 0 spiro atoms. The summed E-state index contributed by atoms with van der Waals surface area (Å²) in [6.45, 7) is 2.64. The van der Waals surface area contributed by atoms with Gasteiger partial charge in [-0.2, -0.15) is 8.78 Å². The van der Waals surface area contributed by atoms with Gasteiger partial charge in [0.2, 0.25) is 0 Å². The molecule has 1 heterocycles. The van der Waals surface area contributed by atoms with Crippen molar-refractivity contribution in [3.8, 4) is 0 Å². The highest BCUT2D eigenvalue weighted by molar-refractivity contribution is 6.31. The number of methoxy groups -OCH3 is 1. The molecule has 1 aliphatic carbocycles. The molecule has 1 aromatic rings. The van der Waals surface area contributed by atoms with E-state index in [0.29, 0.717) is 0 Å². The number of rotatable bonds is 3. The number of carbonyl (C=O) groups is 3. The highest BCUT2D eigenvalue weighted by Gasteiger charge is 2.50. The molecule has 0 radical (unpaired) electrons. The van der Waals surface area contributed by atoms with Gasteiger partial charge in [0.25, 0.3) is 0 Å². The van der Waals surface area contributed by atoms with E-state index >= 15 is 0 Å². The lowest BCUT2D eigenvalue weighted by molar-refractivity contribution is -0.157. The number of hydrogen-bond donors (Lipinski definition) is 1. The number of esters is 1. The number of aliphatic hydroxyl groups excluding tert-OH is 1. The predicted octanol–water partition coefficient (Wildman–Crippen LogP) is 3.06. The van der Waals surface area contributed by atoms with Crippen LogP contribution in [0.1, 0.15) is 36.7 Å². The quantitative estimate of drug-likeness (QED) is 0.214. The van der Waals surface area contributed by atoms with Crippen molar-refractivity contribution in [2.45, 2.75) is 32.1 Å². The Hall–Kier alpha value is -2.35. The molecule has 0 bridgehead atoms. The van der Waals surface area contributed by atoms with E-state index in [1.54, 1.807) is 0 Å². The Kier molecular flexibility index (Phi) is 5.19. The zero-order valence-corrected chi connectivity index (χ0v) is 15.0. The fourth-order valence-corrected chi connectivity index (χ4v) is 2.87. The van der Waals surface area contributed by atoms with Crippen LogP contribution in [0, 0.1) is 12.3 Å². The van der Waals surface area contributed by atoms with Gasteiger partial charge in [-0.3, -0.25) is 14.4 Å². The molecule has 0 aliphatic heterocycles. The molecule has 1 aromatic heterocycles. The van der Waals surface area contributed by atoms with Crippen LogP contribution in [0.3, 0.4) is 0 Å². The van der Waals surface area contributed by atoms with Gasteiger partial charge in [0, 0.05) is 17.7 Å². The average Bonchev–Trinajstić information content (AvgIpc) is 2.56. The van der Waals surface area contributed by atoms with Gasteiger partial charge >= 0.3 is 11.4 Å². The molecular weight excluding hydrogens is 372 g/mol. The van der Waals surface area contributed by atoms with Gasteiger partial charge in [-0.05, 0) is 44.0 Å². The van der Waals surface area contributed by atoms with Crippen LogP contribution in [-0.4, -0.2) is 34.7 Å². The summed E-state index contributed by atoms with van der Waals surface area (Å²) >= 11 is 4.92. The van der Waals surface area contributed by atoms with Crippen LogP contribution in [0.5, 0.6) is 0 Å². The molecule has 0 aromatic carbocycles. The number of ether oxygens (including phenoxy) is 1. The summed E-state index contributed by atoms with van der Waals surface area (Å²) < 4.78 is 30.9. The van der Waals surface area contributed by atoms with Crippen molar-refractivity contribution in [2.75, 3.05) is 7.11 Å². The molecular formula is C17H16ClF2NO5. The smallest absolute Gasteiger partial charge is 0.364 e. The highest BCUT2D eigenvalue weighted by atomic mass is 35.5. The predicted molar refractivity (Wildman–Crippen MR) is 87.6 cm³/mol. The van der Waals surface area contributed by atoms with Crippen LogP contribution in [-0.2, 0) is 24.5 Å². The molecule has 1 saturated carbocycles. The normalized spacial score (nSPS) is 23.0. The van der Waals surface area contributed by atoms with Crippen molar-refractivity contribution in [3.05, 3.63) is 34.7 Å². The van der Waals surface area contributed by atoms with Crippen molar-refractivity contribution in [3.63, 3.8) is 0 Å². The molecule has 1 aliphatic rings. The number of carbonyl (C=O) groups excluding carboxylic acids is 3. The summed E-state index contributed by atoms with van der Waals surface area (Å²) in [5.74, 6) is -3.08. The fourth-order valence-electron chi connectivity index (χ4n) is 2.77. The molecule has 9 heteroatoms. The van der Waals surface area contributed by atoms with Crippen molar-refractivity contribution >= 4 is 34.9 Å². The van der Waals surface area contributed by atoms with E-state index in [0.717, 1.165) is 19.2 Å². The number of alkyl halides is 3. The topological polar surface area (TPSA) is 93.6 Å². The Morgan fingerprint density at radius 3 is 2.50 bits per heavy atom. The first-order valence-electron chi connectivity index (χ1n) is 7.58. The lowest BCUT2D eigenvalue weighted by Crippen LogP contribution is -2.44. The summed E-state index contributed by atoms with van der Waals surface area (Å²) in [7, 11) is 1.11. The van der Waals surface area contributed by atoms with Crippen LogP contribution in [0.4, 0.5) is 8.78 Å². The van der Waals surface area contributed by atoms with Crippen molar-refractivity contribution in [1.29, 1.82) is 0 Å². The summed E-state index contributed by atoms with van der Waals surface area (Å²) in [5, 5.41) is 6.77. The first-order chi connectivity index (χ1) is 11.9. The van der Waals surface area contributed by atoms with Crippen molar-refractivity contribution in [2.24, 2.45) is 5.41 Å². The van der Waals surface area contributed by atoms with E-state index in [-0.39, 0.29) is 24.1 Å². The minimum absolute atomic E-state index is 0.0528. The number of Topliss-reactive ketones (excluding diaryl/α,β-unsaturated/α-hetero) is 2. The standard InChI is InChI=1S/C17H16ClF2NO5/c1-8-9(4-5-11(21-8)17(18,19)20)13(23)12-10(22)6-7-16(2,14(12)24)15(25)26-3/h4-5,23H,6-7H2,1-3H3/b13-12-. The van der Waals surface area contributed by atoms with Crippen LogP contribution in [0.25, 0.3) is 5.76 Å². The molecule has 2 rings (SSSR count). The van der Waals surface area contributed by atoms with E-state index < -0.39 is 45.4 Å². The molecule has 1 fully saturated rings. The second-order valence-corrected chi connectivity index (χ2v) is 6.60. The molecule has 0 amide bonds. The zero-order valence-electron chi connectivity index (χ0n) is 14.2. The van der Waals surface area contributed by atoms with Crippen molar-refractivity contribution < 1.29 is 33.0 Å². The Morgan fingerprint density at radius 2 is 2.00 bits per heavy atom. The third kappa shape index (κ3) is 3.33. The summed E-state index contributed by atoms with van der Waals surface area (Å²) in [4.78, 5) is 40.5. The number of aryl methyl sites for hydroxylation is 1. The maximum absolute atomic E-state index is 13.1. The average molecular weight is 388 g/mol. The van der Waals surface area contributed by atoms with E-state index in [2.05, 4.69) is 9.72 Å². The van der Waals surface area contributed by atoms with Crippen LogP contribution < -0.4 is 0 Å². The maximum Gasteiger partial charge on any atom is 0.364 e. The number of nitrogens with zero attached hydrogens (tertiary/aromatic N) is 1. The van der Waals surface area contributed by atoms with Crippen molar-refractivity contribution in [1.82, 2.24) is 4.98 Å². The molecule has 140 valence electrons. The molecule has 1 unspecified atom stereocenters. The lowest BCUT2D eigenvalue weighted by Gasteiger charge is -2.30. The molecule has 1 N–H and O–H groups in total.